The van der Waals surface area contributed by atoms with E-state index in [2.05, 4.69) is 45.6 Å². The zero-order valence-electron chi connectivity index (χ0n) is 16.8. The summed E-state index contributed by atoms with van der Waals surface area (Å²) >= 11 is 0. The average Bonchev–Trinajstić information content (AvgIpc) is 2.69. The fraction of sp³-hybridized carbons (Fsp3) is 0.318. The van der Waals surface area contributed by atoms with Crippen LogP contribution in [0.1, 0.15) is 23.1 Å². The molecule has 3 rings (SSSR count). The zero-order chi connectivity index (χ0) is 20.0. The first-order valence-electron chi connectivity index (χ1n) is 9.40. The van der Waals surface area contributed by atoms with E-state index in [9.17, 15) is 8.42 Å². The van der Waals surface area contributed by atoms with Crippen LogP contribution >= 0.6 is 24.0 Å². The van der Waals surface area contributed by atoms with Crippen LogP contribution in [0.25, 0.3) is 5.57 Å². The molecule has 0 unspecified atom stereocenters. The van der Waals surface area contributed by atoms with Gasteiger partial charge in [0.1, 0.15) is 0 Å². The van der Waals surface area contributed by atoms with Crippen molar-refractivity contribution in [2.75, 3.05) is 26.4 Å². The van der Waals surface area contributed by atoms with Crippen LogP contribution in [0.15, 0.2) is 65.7 Å². The number of aliphatic imine (C=N–C) groups is 1. The Hall–Kier alpha value is -1.87. The lowest BCUT2D eigenvalue weighted by molar-refractivity contribution is 0.440. The van der Waals surface area contributed by atoms with Gasteiger partial charge in [-0.15, -0.1) is 24.0 Å². The van der Waals surface area contributed by atoms with Crippen LogP contribution in [0.5, 0.6) is 0 Å². The van der Waals surface area contributed by atoms with E-state index >= 15 is 0 Å². The maximum absolute atomic E-state index is 11.5. The number of benzene rings is 2. The van der Waals surface area contributed by atoms with Crippen molar-refractivity contribution in [3.8, 4) is 0 Å². The second-order valence-corrected chi connectivity index (χ2v) is 9.22. The van der Waals surface area contributed by atoms with Crippen molar-refractivity contribution in [3.63, 3.8) is 0 Å². The first-order valence-corrected chi connectivity index (χ1v) is 11.5. The minimum atomic E-state index is -3.03. The summed E-state index contributed by atoms with van der Waals surface area (Å²) in [5.74, 6) is 0.922. The van der Waals surface area contributed by atoms with Gasteiger partial charge in [0.15, 0.2) is 15.8 Å². The molecule has 1 aliphatic heterocycles. The standard InChI is InChI=1S/C22H27N3O2S.HI/c1-23-22(24-16-18-7-6-8-19(15-18)17-28(2,26)27)25-13-11-21(12-14-25)20-9-4-3-5-10-20;/h3-11,15H,12-14,16-17H2,1-2H3,(H,23,24);1H. The van der Waals surface area contributed by atoms with E-state index in [0.717, 1.165) is 36.6 Å². The Balaban J connectivity index is 0.00000300. The summed E-state index contributed by atoms with van der Waals surface area (Å²) in [6.45, 7) is 2.34. The largest absolute Gasteiger partial charge is 0.352 e. The summed E-state index contributed by atoms with van der Waals surface area (Å²) in [7, 11) is -1.24. The van der Waals surface area contributed by atoms with E-state index in [4.69, 9.17) is 0 Å². The van der Waals surface area contributed by atoms with Crippen LogP contribution < -0.4 is 5.32 Å². The molecule has 29 heavy (non-hydrogen) atoms. The van der Waals surface area contributed by atoms with E-state index in [1.165, 1.54) is 17.4 Å². The lowest BCUT2D eigenvalue weighted by Crippen LogP contribution is -2.43. The highest BCUT2D eigenvalue weighted by Crippen LogP contribution is 2.22. The normalized spacial score (nSPS) is 14.8. The van der Waals surface area contributed by atoms with Gasteiger partial charge in [-0.05, 0) is 28.7 Å². The third-order valence-corrected chi connectivity index (χ3v) is 5.59. The minimum Gasteiger partial charge on any atom is -0.352 e. The smallest absolute Gasteiger partial charge is 0.194 e. The molecule has 1 N–H and O–H groups in total. The minimum absolute atomic E-state index is 0. The molecule has 0 fully saturated rings. The van der Waals surface area contributed by atoms with Crippen molar-refractivity contribution in [2.45, 2.75) is 18.7 Å². The van der Waals surface area contributed by atoms with Crippen molar-refractivity contribution in [1.29, 1.82) is 0 Å². The van der Waals surface area contributed by atoms with E-state index in [1.807, 2.05) is 30.3 Å². The molecule has 5 nitrogen and oxygen atoms in total. The van der Waals surface area contributed by atoms with Crippen LogP contribution in [-0.4, -0.2) is 45.7 Å². The number of nitrogens with one attached hydrogen (secondary N) is 1. The van der Waals surface area contributed by atoms with Gasteiger partial charge in [0.25, 0.3) is 0 Å². The molecule has 0 saturated carbocycles. The van der Waals surface area contributed by atoms with Crippen molar-refractivity contribution in [1.82, 2.24) is 10.2 Å². The molecule has 0 aromatic heterocycles. The van der Waals surface area contributed by atoms with Gasteiger partial charge in [-0.1, -0.05) is 60.7 Å². The Morgan fingerprint density at radius 1 is 1.10 bits per heavy atom. The molecule has 0 saturated heterocycles. The molecule has 156 valence electrons. The van der Waals surface area contributed by atoms with E-state index in [1.54, 1.807) is 7.05 Å². The number of hydrogen-bond acceptors (Lipinski definition) is 3. The van der Waals surface area contributed by atoms with Crippen LogP contribution in [0, 0.1) is 0 Å². The molecule has 0 bridgehead atoms. The van der Waals surface area contributed by atoms with E-state index in [-0.39, 0.29) is 29.7 Å². The molecule has 0 atom stereocenters. The van der Waals surface area contributed by atoms with Crippen molar-refractivity contribution >= 4 is 45.3 Å². The van der Waals surface area contributed by atoms with Gasteiger partial charge >= 0.3 is 0 Å². The summed E-state index contributed by atoms with van der Waals surface area (Å²) in [4.78, 5) is 6.64. The highest BCUT2D eigenvalue weighted by atomic mass is 127. The van der Waals surface area contributed by atoms with Crippen LogP contribution in [0.3, 0.4) is 0 Å². The maximum Gasteiger partial charge on any atom is 0.194 e. The van der Waals surface area contributed by atoms with Crippen LogP contribution in [-0.2, 0) is 22.1 Å². The van der Waals surface area contributed by atoms with Gasteiger partial charge in [-0.25, -0.2) is 8.42 Å². The molecule has 0 aliphatic carbocycles. The molecule has 0 amide bonds. The molecule has 7 heteroatoms. The molecule has 1 heterocycles. The molecule has 0 spiro atoms. The zero-order valence-corrected chi connectivity index (χ0v) is 20.0. The second-order valence-electron chi connectivity index (χ2n) is 7.08. The predicted octanol–water partition coefficient (Wildman–Crippen LogP) is 3.71. The van der Waals surface area contributed by atoms with Crippen molar-refractivity contribution in [2.24, 2.45) is 4.99 Å². The Morgan fingerprint density at radius 3 is 2.45 bits per heavy atom. The average molecular weight is 525 g/mol. The van der Waals surface area contributed by atoms with Crippen molar-refractivity contribution in [3.05, 3.63) is 77.4 Å². The first-order chi connectivity index (χ1) is 13.4. The Labute approximate surface area is 190 Å². The van der Waals surface area contributed by atoms with Gasteiger partial charge in [0.2, 0.25) is 0 Å². The fourth-order valence-electron chi connectivity index (χ4n) is 3.42. The number of halogens is 1. The summed E-state index contributed by atoms with van der Waals surface area (Å²) in [6, 6.07) is 18.2. The van der Waals surface area contributed by atoms with Crippen LogP contribution in [0.4, 0.5) is 0 Å². The molecule has 2 aromatic carbocycles. The van der Waals surface area contributed by atoms with Gasteiger partial charge in [0.05, 0.1) is 5.75 Å². The van der Waals surface area contributed by atoms with Gasteiger partial charge < -0.3 is 10.2 Å². The summed E-state index contributed by atoms with van der Waals surface area (Å²) in [5, 5.41) is 3.40. The number of rotatable bonds is 5. The monoisotopic (exact) mass is 525 g/mol. The fourth-order valence-corrected chi connectivity index (χ4v) is 4.21. The third-order valence-electron chi connectivity index (χ3n) is 4.74. The highest BCUT2D eigenvalue weighted by Gasteiger charge is 2.16. The number of guanidine groups is 1. The van der Waals surface area contributed by atoms with Gasteiger partial charge in [0, 0.05) is 32.9 Å². The predicted molar refractivity (Wildman–Crippen MR) is 131 cm³/mol. The SMILES string of the molecule is CN=C(NCc1cccc(CS(C)(=O)=O)c1)N1CC=C(c2ccccc2)CC1.I. The number of hydrogen-bond donors (Lipinski definition) is 1. The second kappa shape index (κ2) is 10.8. The highest BCUT2D eigenvalue weighted by molar-refractivity contribution is 14.0. The third kappa shape index (κ3) is 7.15. The molecular formula is C22H28IN3O2S. The molecular weight excluding hydrogens is 497 g/mol. The topological polar surface area (TPSA) is 61.8 Å². The quantitative estimate of drug-likeness (QED) is 0.368. The molecule has 1 aliphatic rings. The van der Waals surface area contributed by atoms with E-state index < -0.39 is 9.84 Å². The lowest BCUT2D eigenvalue weighted by Gasteiger charge is -2.30. The summed E-state index contributed by atoms with van der Waals surface area (Å²) in [5.41, 5.74) is 4.51. The number of sulfone groups is 1. The lowest BCUT2D eigenvalue weighted by atomic mass is 10.00. The van der Waals surface area contributed by atoms with Gasteiger partial charge in [-0.2, -0.15) is 0 Å². The Morgan fingerprint density at radius 2 is 1.83 bits per heavy atom. The molecule has 0 radical (unpaired) electrons. The van der Waals surface area contributed by atoms with Gasteiger partial charge in [-0.3, -0.25) is 4.99 Å². The van der Waals surface area contributed by atoms with Crippen molar-refractivity contribution < 1.29 is 8.42 Å². The first kappa shape index (κ1) is 23.4. The Bertz CT molecular complexity index is 973. The maximum atomic E-state index is 11.5. The summed E-state index contributed by atoms with van der Waals surface area (Å²) in [6.07, 6.45) is 4.50. The van der Waals surface area contributed by atoms with Crippen LogP contribution in [0.2, 0.25) is 0 Å². The molecule has 2 aromatic rings. The van der Waals surface area contributed by atoms with E-state index in [0.29, 0.717) is 6.54 Å². The number of nitrogens with zero attached hydrogens (tertiary/aromatic N) is 2. The summed E-state index contributed by atoms with van der Waals surface area (Å²) < 4.78 is 23.0. The Kier molecular flexibility index (Phi) is 8.70.